The lowest BCUT2D eigenvalue weighted by Crippen LogP contribution is -2.44. The maximum Gasteiger partial charge on any atom is 0.0399 e. The number of nitrogens with two attached hydrogens (primary N) is 1. The quantitative estimate of drug-likeness (QED) is 0.899. The SMILES string of the molecule is NC1CCN(CCN2CCCc3ccccc32)CC1. The number of rotatable bonds is 3. The average Bonchev–Trinajstić information content (AvgIpc) is 2.47. The number of aryl methyl sites for hydroxylation is 1. The summed E-state index contributed by atoms with van der Waals surface area (Å²) in [6.07, 6.45) is 4.86. The molecule has 0 saturated carbocycles. The van der Waals surface area contributed by atoms with Crippen molar-refractivity contribution in [1.82, 2.24) is 4.90 Å². The van der Waals surface area contributed by atoms with Crippen LogP contribution in [0, 0.1) is 0 Å². The first-order valence-electron chi connectivity index (χ1n) is 7.64. The Morgan fingerprint density at radius 3 is 2.68 bits per heavy atom. The van der Waals surface area contributed by atoms with Gasteiger partial charge in [-0.25, -0.2) is 0 Å². The summed E-state index contributed by atoms with van der Waals surface area (Å²) in [6, 6.07) is 9.32. The third kappa shape index (κ3) is 3.10. The molecule has 2 heterocycles. The molecular weight excluding hydrogens is 234 g/mol. The third-order valence-corrected chi connectivity index (χ3v) is 4.52. The highest BCUT2D eigenvalue weighted by atomic mass is 15.2. The summed E-state index contributed by atoms with van der Waals surface area (Å²) in [5.74, 6) is 0. The standard InChI is InChI=1S/C16H25N3/c17-15-7-10-18(11-8-15)12-13-19-9-3-5-14-4-1-2-6-16(14)19/h1-2,4,6,15H,3,5,7-13,17H2. The van der Waals surface area contributed by atoms with E-state index in [9.17, 15) is 0 Å². The zero-order chi connectivity index (χ0) is 13.1. The van der Waals surface area contributed by atoms with E-state index in [1.54, 1.807) is 0 Å². The van der Waals surface area contributed by atoms with E-state index >= 15 is 0 Å². The largest absolute Gasteiger partial charge is 0.370 e. The van der Waals surface area contributed by atoms with Gasteiger partial charge in [-0.2, -0.15) is 0 Å². The predicted octanol–water partition coefficient (Wildman–Crippen LogP) is 1.86. The Bertz CT molecular complexity index is 410. The highest BCUT2D eigenvalue weighted by Crippen LogP contribution is 2.26. The Balaban J connectivity index is 1.56. The zero-order valence-corrected chi connectivity index (χ0v) is 11.7. The van der Waals surface area contributed by atoms with Crippen LogP contribution < -0.4 is 10.6 Å². The van der Waals surface area contributed by atoms with Gasteiger partial charge in [0, 0.05) is 31.4 Å². The lowest BCUT2D eigenvalue weighted by atomic mass is 10.0. The van der Waals surface area contributed by atoms with Crippen molar-refractivity contribution >= 4 is 5.69 Å². The van der Waals surface area contributed by atoms with Gasteiger partial charge < -0.3 is 15.5 Å². The number of fused-ring (bicyclic) bond motifs is 1. The van der Waals surface area contributed by atoms with Crippen molar-refractivity contribution in [3.05, 3.63) is 29.8 Å². The van der Waals surface area contributed by atoms with E-state index in [1.807, 2.05) is 0 Å². The van der Waals surface area contributed by atoms with E-state index in [4.69, 9.17) is 5.73 Å². The number of benzene rings is 1. The fourth-order valence-corrected chi connectivity index (χ4v) is 3.28. The molecule has 1 aromatic rings. The molecule has 0 amide bonds. The van der Waals surface area contributed by atoms with Crippen molar-refractivity contribution in [2.75, 3.05) is 37.6 Å². The summed E-state index contributed by atoms with van der Waals surface area (Å²) in [5, 5.41) is 0. The van der Waals surface area contributed by atoms with Gasteiger partial charge in [-0.1, -0.05) is 18.2 Å². The maximum atomic E-state index is 5.96. The van der Waals surface area contributed by atoms with Gasteiger partial charge in [0.2, 0.25) is 0 Å². The average molecular weight is 259 g/mol. The van der Waals surface area contributed by atoms with Crippen LogP contribution >= 0.6 is 0 Å². The predicted molar refractivity (Wildman–Crippen MR) is 80.6 cm³/mol. The molecule has 3 nitrogen and oxygen atoms in total. The molecule has 0 atom stereocenters. The lowest BCUT2D eigenvalue weighted by Gasteiger charge is -2.35. The third-order valence-electron chi connectivity index (χ3n) is 4.52. The van der Waals surface area contributed by atoms with E-state index in [1.165, 1.54) is 50.3 Å². The summed E-state index contributed by atoms with van der Waals surface area (Å²) >= 11 is 0. The van der Waals surface area contributed by atoms with Gasteiger partial charge >= 0.3 is 0 Å². The van der Waals surface area contributed by atoms with Gasteiger partial charge in [0.25, 0.3) is 0 Å². The van der Waals surface area contributed by atoms with Crippen molar-refractivity contribution < 1.29 is 0 Å². The normalized spacial score (nSPS) is 21.4. The van der Waals surface area contributed by atoms with Gasteiger partial charge in [-0.15, -0.1) is 0 Å². The zero-order valence-electron chi connectivity index (χ0n) is 11.7. The highest BCUT2D eigenvalue weighted by Gasteiger charge is 2.19. The van der Waals surface area contributed by atoms with Crippen LogP contribution in [0.3, 0.4) is 0 Å². The Hall–Kier alpha value is -1.06. The number of hydrogen-bond donors (Lipinski definition) is 1. The molecule has 1 saturated heterocycles. The van der Waals surface area contributed by atoms with Crippen LogP contribution in [0.5, 0.6) is 0 Å². The molecule has 104 valence electrons. The smallest absolute Gasteiger partial charge is 0.0399 e. The molecular formula is C16H25N3. The summed E-state index contributed by atoms with van der Waals surface area (Å²) in [6.45, 7) is 5.91. The second kappa shape index (κ2) is 5.93. The van der Waals surface area contributed by atoms with Crippen LogP contribution in [0.4, 0.5) is 5.69 Å². The minimum atomic E-state index is 0.437. The first kappa shape index (κ1) is 12.9. The Labute approximate surface area is 116 Å². The second-order valence-corrected chi connectivity index (χ2v) is 5.90. The van der Waals surface area contributed by atoms with Gasteiger partial charge in [-0.3, -0.25) is 0 Å². The van der Waals surface area contributed by atoms with Crippen molar-refractivity contribution in [3.63, 3.8) is 0 Å². The first-order chi connectivity index (χ1) is 9.33. The molecule has 0 aliphatic carbocycles. The lowest BCUT2D eigenvalue weighted by molar-refractivity contribution is 0.217. The Morgan fingerprint density at radius 1 is 1.05 bits per heavy atom. The molecule has 0 aromatic heterocycles. The molecule has 0 spiro atoms. The van der Waals surface area contributed by atoms with E-state index in [0.29, 0.717) is 6.04 Å². The Morgan fingerprint density at radius 2 is 1.84 bits per heavy atom. The van der Waals surface area contributed by atoms with Crippen molar-refractivity contribution in [3.8, 4) is 0 Å². The van der Waals surface area contributed by atoms with Crippen LogP contribution in [0.2, 0.25) is 0 Å². The van der Waals surface area contributed by atoms with Crippen LogP contribution in [0.25, 0.3) is 0 Å². The van der Waals surface area contributed by atoms with Gasteiger partial charge in [0.15, 0.2) is 0 Å². The minimum Gasteiger partial charge on any atom is -0.370 e. The maximum absolute atomic E-state index is 5.96. The van der Waals surface area contributed by atoms with Gasteiger partial charge in [0.1, 0.15) is 0 Å². The van der Waals surface area contributed by atoms with E-state index < -0.39 is 0 Å². The molecule has 1 fully saturated rings. The molecule has 0 radical (unpaired) electrons. The molecule has 3 rings (SSSR count). The number of anilines is 1. The van der Waals surface area contributed by atoms with Crippen LogP contribution in [0.1, 0.15) is 24.8 Å². The van der Waals surface area contributed by atoms with Gasteiger partial charge in [0.05, 0.1) is 0 Å². The fraction of sp³-hybridized carbons (Fsp3) is 0.625. The summed E-state index contributed by atoms with van der Waals surface area (Å²) in [5.41, 5.74) is 8.95. The Kier molecular flexibility index (Phi) is 4.04. The van der Waals surface area contributed by atoms with E-state index in [-0.39, 0.29) is 0 Å². The topological polar surface area (TPSA) is 32.5 Å². The molecule has 19 heavy (non-hydrogen) atoms. The van der Waals surface area contributed by atoms with Crippen molar-refractivity contribution in [2.45, 2.75) is 31.7 Å². The number of likely N-dealkylation sites (tertiary alicyclic amines) is 1. The van der Waals surface area contributed by atoms with Gasteiger partial charge in [-0.05, 0) is 50.4 Å². The number of piperidine rings is 1. The van der Waals surface area contributed by atoms with Crippen LogP contribution in [-0.4, -0.2) is 43.7 Å². The van der Waals surface area contributed by atoms with Crippen molar-refractivity contribution in [1.29, 1.82) is 0 Å². The van der Waals surface area contributed by atoms with Crippen LogP contribution in [-0.2, 0) is 6.42 Å². The molecule has 2 aliphatic rings. The summed E-state index contributed by atoms with van der Waals surface area (Å²) < 4.78 is 0. The van der Waals surface area contributed by atoms with Crippen LogP contribution in [0.15, 0.2) is 24.3 Å². The second-order valence-electron chi connectivity index (χ2n) is 5.90. The summed E-state index contributed by atoms with van der Waals surface area (Å²) in [4.78, 5) is 5.13. The molecule has 0 bridgehead atoms. The molecule has 2 aliphatic heterocycles. The van der Waals surface area contributed by atoms with Crippen molar-refractivity contribution in [2.24, 2.45) is 5.73 Å². The number of nitrogens with zero attached hydrogens (tertiary/aromatic N) is 2. The molecule has 1 aromatic carbocycles. The minimum absolute atomic E-state index is 0.437. The highest BCUT2D eigenvalue weighted by molar-refractivity contribution is 5.55. The number of para-hydroxylation sites is 1. The van der Waals surface area contributed by atoms with E-state index in [0.717, 1.165) is 19.4 Å². The molecule has 2 N–H and O–H groups in total. The monoisotopic (exact) mass is 259 g/mol. The fourth-order valence-electron chi connectivity index (χ4n) is 3.28. The number of hydrogen-bond acceptors (Lipinski definition) is 3. The summed E-state index contributed by atoms with van der Waals surface area (Å²) in [7, 11) is 0. The first-order valence-corrected chi connectivity index (χ1v) is 7.64. The van der Waals surface area contributed by atoms with E-state index in [2.05, 4.69) is 34.1 Å². The molecule has 0 unspecified atom stereocenters. The molecule has 3 heteroatoms.